The van der Waals surface area contributed by atoms with Gasteiger partial charge in [0.05, 0.1) is 0 Å². The van der Waals surface area contributed by atoms with Gasteiger partial charge in [0, 0.05) is 0 Å². The molecule has 0 radical (unpaired) electrons. The van der Waals surface area contributed by atoms with Crippen LogP contribution in [-0.4, -0.2) is 23.0 Å². The van der Waals surface area contributed by atoms with Crippen molar-refractivity contribution in [2.75, 3.05) is 0 Å². The maximum absolute atomic E-state index is 14.1. The number of unbranched alkanes of at least 4 members (excludes halogenated alkanes) is 3. The average molecular weight is 430 g/mol. The Balaban J connectivity index is 2.09. The van der Waals surface area contributed by atoms with Gasteiger partial charge in [-0.25, -0.2) is 4.79 Å². The SMILES string of the molecule is CCCCCC[C@@H](NC(=O)C(c1ccccc1)(c1ccccc1)c1ccccc1)C(=O)O. The van der Waals surface area contributed by atoms with Crippen LogP contribution < -0.4 is 5.32 Å². The van der Waals surface area contributed by atoms with E-state index in [0.717, 1.165) is 42.4 Å². The van der Waals surface area contributed by atoms with E-state index in [1.54, 1.807) is 0 Å². The number of amides is 1. The summed E-state index contributed by atoms with van der Waals surface area (Å²) < 4.78 is 0. The number of carbonyl (C=O) groups is 2. The maximum Gasteiger partial charge on any atom is 0.326 e. The van der Waals surface area contributed by atoms with Gasteiger partial charge in [-0.2, -0.15) is 0 Å². The Morgan fingerprint density at radius 2 is 1.19 bits per heavy atom. The first-order valence-electron chi connectivity index (χ1n) is 11.3. The summed E-state index contributed by atoms with van der Waals surface area (Å²) in [6, 6.07) is 27.8. The molecule has 0 heterocycles. The molecule has 0 aliphatic rings. The van der Waals surface area contributed by atoms with Gasteiger partial charge in [0.1, 0.15) is 11.5 Å². The Bertz CT molecular complexity index is 890. The van der Waals surface area contributed by atoms with Crippen LogP contribution in [0.1, 0.15) is 55.7 Å². The van der Waals surface area contributed by atoms with Crippen molar-refractivity contribution in [3.63, 3.8) is 0 Å². The molecule has 1 amide bonds. The number of carboxylic acid groups (broad SMARTS) is 1. The van der Waals surface area contributed by atoms with Crippen LogP contribution in [0.5, 0.6) is 0 Å². The summed E-state index contributed by atoms with van der Waals surface area (Å²) in [5, 5.41) is 12.7. The summed E-state index contributed by atoms with van der Waals surface area (Å²) >= 11 is 0. The van der Waals surface area contributed by atoms with E-state index in [-0.39, 0.29) is 5.91 Å². The molecule has 4 heteroatoms. The third-order valence-electron chi connectivity index (χ3n) is 5.91. The molecule has 3 aromatic carbocycles. The second-order valence-corrected chi connectivity index (χ2v) is 8.06. The molecule has 3 rings (SSSR count). The summed E-state index contributed by atoms with van der Waals surface area (Å²) in [5.74, 6) is -1.33. The predicted molar refractivity (Wildman–Crippen MR) is 128 cm³/mol. The molecule has 0 bridgehead atoms. The molecule has 32 heavy (non-hydrogen) atoms. The van der Waals surface area contributed by atoms with Gasteiger partial charge in [-0.1, -0.05) is 124 Å². The predicted octanol–water partition coefficient (Wildman–Crippen LogP) is 5.56. The van der Waals surface area contributed by atoms with Crippen LogP contribution in [0.2, 0.25) is 0 Å². The lowest BCUT2D eigenvalue weighted by molar-refractivity contribution is -0.142. The zero-order valence-corrected chi connectivity index (χ0v) is 18.5. The van der Waals surface area contributed by atoms with Gasteiger partial charge in [-0.3, -0.25) is 4.79 Å². The van der Waals surface area contributed by atoms with Crippen LogP contribution in [0.25, 0.3) is 0 Å². The minimum absolute atomic E-state index is 0.330. The van der Waals surface area contributed by atoms with Crippen LogP contribution in [0, 0.1) is 0 Å². The van der Waals surface area contributed by atoms with Crippen molar-refractivity contribution in [3.8, 4) is 0 Å². The lowest BCUT2D eigenvalue weighted by Gasteiger charge is -2.35. The van der Waals surface area contributed by atoms with Crippen molar-refractivity contribution >= 4 is 11.9 Å². The highest BCUT2D eigenvalue weighted by molar-refractivity contribution is 5.98. The van der Waals surface area contributed by atoms with E-state index >= 15 is 0 Å². The number of hydrogen-bond donors (Lipinski definition) is 2. The molecule has 0 saturated heterocycles. The number of aliphatic carboxylic acids is 1. The summed E-state index contributed by atoms with van der Waals surface area (Å²) in [6.07, 6.45) is 4.26. The molecular formula is C28H31NO3. The van der Waals surface area contributed by atoms with E-state index in [0.29, 0.717) is 6.42 Å². The Labute approximate surface area is 190 Å². The van der Waals surface area contributed by atoms with Crippen LogP contribution in [-0.2, 0) is 15.0 Å². The van der Waals surface area contributed by atoms with Gasteiger partial charge in [0.15, 0.2) is 0 Å². The fraction of sp³-hybridized carbons (Fsp3) is 0.286. The monoisotopic (exact) mass is 429 g/mol. The van der Waals surface area contributed by atoms with Crippen LogP contribution in [0.3, 0.4) is 0 Å². The van der Waals surface area contributed by atoms with Crippen LogP contribution in [0.15, 0.2) is 91.0 Å². The lowest BCUT2D eigenvalue weighted by Crippen LogP contribution is -2.51. The zero-order chi connectivity index (χ0) is 22.8. The molecule has 4 nitrogen and oxygen atoms in total. The Hall–Kier alpha value is -3.40. The molecule has 2 N–H and O–H groups in total. The number of nitrogens with one attached hydrogen (secondary N) is 1. The summed E-state index contributed by atoms with van der Waals surface area (Å²) in [7, 11) is 0. The second-order valence-electron chi connectivity index (χ2n) is 8.06. The Morgan fingerprint density at radius 3 is 1.56 bits per heavy atom. The maximum atomic E-state index is 14.1. The standard InChI is InChI=1S/C28H31NO3/c1-2-3-4-14-21-25(26(30)31)29-27(32)28(22-15-8-5-9-16-22,23-17-10-6-11-18-23)24-19-12-7-13-20-24/h5-13,15-20,25H,2-4,14,21H2,1H3,(H,29,32)(H,30,31)/t25-/m1/s1. The highest BCUT2D eigenvalue weighted by atomic mass is 16.4. The molecule has 166 valence electrons. The lowest BCUT2D eigenvalue weighted by atomic mass is 9.68. The van der Waals surface area contributed by atoms with E-state index < -0.39 is 17.4 Å². The fourth-order valence-electron chi connectivity index (χ4n) is 4.26. The highest BCUT2D eigenvalue weighted by Gasteiger charge is 2.44. The Morgan fingerprint density at radius 1 is 0.750 bits per heavy atom. The molecule has 0 aliphatic carbocycles. The molecule has 0 unspecified atom stereocenters. The molecular weight excluding hydrogens is 398 g/mol. The molecule has 3 aromatic rings. The quantitative estimate of drug-likeness (QED) is 0.310. The minimum atomic E-state index is -1.17. The first kappa shape index (κ1) is 23.3. The van der Waals surface area contributed by atoms with E-state index in [1.807, 2.05) is 91.0 Å². The first-order valence-corrected chi connectivity index (χ1v) is 11.3. The molecule has 0 spiro atoms. The number of carbonyl (C=O) groups excluding carboxylic acids is 1. The van der Waals surface area contributed by atoms with E-state index in [9.17, 15) is 14.7 Å². The van der Waals surface area contributed by atoms with Gasteiger partial charge in [0.25, 0.3) is 0 Å². The molecule has 0 saturated carbocycles. The molecule has 1 atom stereocenters. The zero-order valence-electron chi connectivity index (χ0n) is 18.5. The molecule has 0 aromatic heterocycles. The van der Waals surface area contributed by atoms with Gasteiger partial charge in [0.2, 0.25) is 5.91 Å². The van der Waals surface area contributed by atoms with Gasteiger partial charge in [-0.05, 0) is 23.1 Å². The second kappa shape index (κ2) is 11.3. The van der Waals surface area contributed by atoms with E-state index in [2.05, 4.69) is 12.2 Å². The van der Waals surface area contributed by atoms with E-state index in [4.69, 9.17) is 0 Å². The normalized spacial score (nSPS) is 12.2. The van der Waals surface area contributed by atoms with Crippen molar-refractivity contribution < 1.29 is 14.7 Å². The fourth-order valence-corrected chi connectivity index (χ4v) is 4.26. The van der Waals surface area contributed by atoms with Crippen molar-refractivity contribution in [1.82, 2.24) is 5.32 Å². The largest absolute Gasteiger partial charge is 0.480 e. The van der Waals surface area contributed by atoms with Crippen LogP contribution >= 0.6 is 0 Å². The van der Waals surface area contributed by atoms with E-state index in [1.165, 1.54) is 0 Å². The van der Waals surface area contributed by atoms with Gasteiger partial charge in [-0.15, -0.1) is 0 Å². The van der Waals surface area contributed by atoms with Crippen molar-refractivity contribution in [2.24, 2.45) is 0 Å². The molecule has 0 fully saturated rings. The topological polar surface area (TPSA) is 66.4 Å². The van der Waals surface area contributed by atoms with Crippen LogP contribution in [0.4, 0.5) is 0 Å². The number of carboxylic acids is 1. The van der Waals surface area contributed by atoms with Gasteiger partial charge >= 0.3 is 5.97 Å². The van der Waals surface area contributed by atoms with Crippen molar-refractivity contribution in [2.45, 2.75) is 50.5 Å². The first-order chi connectivity index (χ1) is 15.6. The smallest absolute Gasteiger partial charge is 0.326 e. The summed E-state index contributed by atoms with van der Waals surface area (Å²) in [6.45, 7) is 2.12. The highest BCUT2D eigenvalue weighted by Crippen LogP contribution is 2.39. The number of hydrogen-bond acceptors (Lipinski definition) is 2. The molecule has 0 aliphatic heterocycles. The number of benzene rings is 3. The Kier molecular flexibility index (Phi) is 8.20. The third-order valence-corrected chi connectivity index (χ3v) is 5.91. The third kappa shape index (κ3) is 5.08. The minimum Gasteiger partial charge on any atom is -0.480 e. The van der Waals surface area contributed by atoms with Crippen molar-refractivity contribution in [3.05, 3.63) is 108 Å². The van der Waals surface area contributed by atoms with Crippen molar-refractivity contribution in [1.29, 1.82) is 0 Å². The number of rotatable bonds is 11. The average Bonchev–Trinajstić information content (AvgIpc) is 2.83. The summed E-state index contributed by atoms with van der Waals surface area (Å²) in [5.41, 5.74) is 1.22. The van der Waals surface area contributed by atoms with Gasteiger partial charge < -0.3 is 10.4 Å². The summed E-state index contributed by atoms with van der Waals surface area (Å²) in [4.78, 5) is 26.1.